The third-order valence-corrected chi connectivity index (χ3v) is 2.36. The Kier molecular flexibility index (Phi) is 5.56. The van der Waals surface area contributed by atoms with Gasteiger partial charge in [0.15, 0.2) is 0 Å². The van der Waals surface area contributed by atoms with Crippen LogP contribution in [0.3, 0.4) is 0 Å². The lowest BCUT2D eigenvalue weighted by atomic mass is 10.2. The van der Waals surface area contributed by atoms with Crippen molar-refractivity contribution in [2.75, 3.05) is 24.3 Å². The minimum atomic E-state index is 0.214. The van der Waals surface area contributed by atoms with E-state index >= 15 is 0 Å². The maximum absolute atomic E-state index is 8.75. The third-order valence-electron chi connectivity index (χ3n) is 2.36. The van der Waals surface area contributed by atoms with E-state index in [9.17, 15) is 0 Å². The monoisotopic (exact) mass is 239 g/mol. The molecule has 0 aromatic carbocycles. The summed E-state index contributed by atoms with van der Waals surface area (Å²) in [5.74, 6) is 1.21. The van der Waals surface area contributed by atoms with Crippen molar-refractivity contribution in [1.29, 1.82) is 0 Å². The Morgan fingerprint density at radius 1 is 1.53 bits per heavy atom. The van der Waals surface area contributed by atoms with Gasteiger partial charge in [-0.1, -0.05) is 0 Å². The molecule has 17 heavy (non-hydrogen) atoms. The molecular weight excluding hydrogens is 218 g/mol. The van der Waals surface area contributed by atoms with Crippen LogP contribution in [-0.2, 0) is 0 Å². The van der Waals surface area contributed by atoms with Gasteiger partial charge in [0.2, 0.25) is 5.88 Å². The van der Waals surface area contributed by atoms with Crippen molar-refractivity contribution in [3.05, 3.63) is 12.1 Å². The highest BCUT2D eigenvalue weighted by Crippen LogP contribution is 2.21. The smallest absolute Gasteiger partial charge is 0.239 e. The van der Waals surface area contributed by atoms with E-state index in [-0.39, 0.29) is 12.6 Å². The largest absolute Gasteiger partial charge is 0.476 e. The summed E-state index contributed by atoms with van der Waals surface area (Å²) < 4.78 is 5.32. The maximum Gasteiger partial charge on any atom is 0.239 e. The molecule has 0 aliphatic heterocycles. The Balaban J connectivity index is 2.61. The SMILES string of the molecule is CCOc1nc(NC(C)CCCO)ccc1N. The Morgan fingerprint density at radius 2 is 2.29 bits per heavy atom. The summed E-state index contributed by atoms with van der Waals surface area (Å²) in [6.07, 6.45) is 1.67. The standard InChI is InChI=1S/C12H21N3O2/c1-3-17-12-10(13)6-7-11(15-12)14-9(2)5-4-8-16/h6-7,9,16H,3-5,8,13H2,1-2H3,(H,14,15). The van der Waals surface area contributed by atoms with Crippen LogP contribution >= 0.6 is 0 Å². The number of nitrogen functional groups attached to an aromatic ring is 1. The number of hydrogen-bond acceptors (Lipinski definition) is 5. The summed E-state index contributed by atoms with van der Waals surface area (Å²) in [5.41, 5.74) is 6.28. The van der Waals surface area contributed by atoms with Gasteiger partial charge >= 0.3 is 0 Å². The summed E-state index contributed by atoms with van der Waals surface area (Å²) >= 11 is 0. The quantitative estimate of drug-likeness (QED) is 0.674. The van der Waals surface area contributed by atoms with E-state index in [1.165, 1.54) is 0 Å². The van der Waals surface area contributed by atoms with Crippen LogP contribution in [0.5, 0.6) is 5.88 Å². The lowest BCUT2D eigenvalue weighted by molar-refractivity contribution is 0.282. The highest BCUT2D eigenvalue weighted by atomic mass is 16.5. The normalized spacial score (nSPS) is 12.2. The highest BCUT2D eigenvalue weighted by Gasteiger charge is 2.06. The van der Waals surface area contributed by atoms with Gasteiger partial charge in [-0.05, 0) is 38.8 Å². The predicted octanol–water partition coefficient (Wildman–Crippen LogP) is 1.64. The molecule has 0 saturated heterocycles. The van der Waals surface area contributed by atoms with Crippen molar-refractivity contribution in [1.82, 2.24) is 4.98 Å². The second-order valence-electron chi connectivity index (χ2n) is 3.94. The van der Waals surface area contributed by atoms with Crippen molar-refractivity contribution in [3.8, 4) is 5.88 Å². The molecule has 0 bridgehead atoms. The number of aliphatic hydroxyl groups is 1. The molecule has 5 heteroatoms. The molecule has 1 atom stereocenters. The number of rotatable bonds is 7. The van der Waals surface area contributed by atoms with Crippen LogP contribution in [0.25, 0.3) is 0 Å². The van der Waals surface area contributed by atoms with E-state index in [4.69, 9.17) is 15.6 Å². The fourth-order valence-corrected chi connectivity index (χ4v) is 1.51. The molecule has 0 amide bonds. The number of ether oxygens (including phenoxy) is 1. The van der Waals surface area contributed by atoms with Gasteiger partial charge < -0.3 is 20.9 Å². The fourth-order valence-electron chi connectivity index (χ4n) is 1.51. The highest BCUT2D eigenvalue weighted by molar-refractivity contribution is 5.53. The molecule has 1 aromatic rings. The molecule has 1 aromatic heterocycles. The van der Waals surface area contributed by atoms with Gasteiger partial charge in [-0.15, -0.1) is 0 Å². The van der Waals surface area contributed by atoms with Gasteiger partial charge in [-0.2, -0.15) is 4.98 Å². The van der Waals surface area contributed by atoms with E-state index in [1.54, 1.807) is 6.07 Å². The first-order chi connectivity index (χ1) is 8.17. The lowest BCUT2D eigenvalue weighted by Gasteiger charge is -2.15. The summed E-state index contributed by atoms with van der Waals surface area (Å²) in [4.78, 5) is 4.29. The van der Waals surface area contributed by atoms with E-state index in [1.807, 2.05) is 19.9 Å². The van der Waals surface area contributed by atoms with Crippen molar-refractivity contribution in [2.45, 2.75) is 32.7 Å². The van der Waals surface area contributed by atoms with Crippen LogP contribution in [0.1, 0.15) is 26.7 Å². The molecule has 0 saturated carbocycles. The molecule has 1 unspecified atom stereocenters. The average Bonchev–Trinajstić information content (AvgIpc) is 2.31. The third kappa shape index (κ3) is 4.48. The Labute approximate surface area is 102 Å². The number of pyridine rings is 1. The van der Waals surface area contributed by atoms with Crippen LogP contribution in [-0.4, -0.2) is 29.3 Å². The predicted molar refractivity (Wildman–Crippen MR) is 69.2 cm³/mol. The van der Waals surface area contributed by atoms with E-state index in [0.717, 1.165) is 18.7 Å². The van der Waals surface area contributed by atoms with Gasteiger partial charge in [0.05, 0.1) is 12.3 Å². The zero-order valence-corrected chi connectivity index (χ0v) is 10.4. The van der Waals surface area contributed by atoms with Gasteiger partial charge in [0.25, 0.3) is 0 Å². The molecule has 0 spiro atoms. The molecule has 4 N–H and O–H groups in total. The summed E-state index contributed by atoms with van der Waals surface area (Å²) in [6, 6.07) is 3.86. The maximum atomic E-state index is 8.75. The Bertz CT molecular complexity index is 345. The Morgan fingerprint density at radius 3 is 2.94 bits per heavy atom. The molecular formula is C12H21N3O2. The first-order valence-corrected chi connectivity index (χ1v) is 5.94. The number of aliphatic hydroxyl groups excluding tert-OH is 1. The van der Waals surface area contributed by atoms with Crippen molar-refractivity contribution >= 4 is 11.5 Å². The minimum absolute atomic E-state index is 0.214. The number of hydrogen-bond donors (Lipinski definition) is 3. The van der Waals surface area contributed by atoms with E-state index < -0.39 is 0 Å². The molecule has 1 rings (SSSR count). The second kappa shape index (κ2) is 6.96. The van der Waals surface area contributed by atoms with Crippen LogP contribution in [0.4, 0.5) is 11.5 Å². The molecule has 96 valence electrons. The fraction of sp³-hybridized carbons (Fsp3) is 0.583. The van der Waals surface area contributed by atoms with Crippen LogP contribution in [0.15, 0.2) is 12.1 Å². The first-order valence-electron chi connectivity index (χ1n) is 5.94. The molecule has 0 aliphatic carbocycles. The molecule has 0 fully saturated rings. The topological polar surface area (TPSA) is 80.4 Å². The van der Waals surface area contributed by atoms with Crippen LogP contribution in [0, 0.1) is 0 Å². The lowest BCUT2D eigenvalue weighted by Crippen LogP contribution is -2.16. The van der Waals surface area contributed by atoms with Gasteiger partial charge in [-0.25, -0.2) is 0 Å². The number of nitrogens with two attached hydrogens (primary N) is 1. The zero-order valence-electron chi connectivity index (χ0n) is 10.4. The first kappa shape index (κ1) is 13.6. The minimum Gasteiger partial charge on any atom is -0.476 e. The second-order valence-corrected chi connectivity index (χ2v) is 3.94. The van der Waals surface area contributed by atoms with Crippen molar-refractivity contribution in [3.63, 3.8) is 0 Å². The number of anilines is 2. The summed E-state index contributed by atoms with van der Waals surface area (Å²) in [6.45, 7) is 4.70. The van der Waals surface area contributed by atoms with Crippen LogP contribution in [0.2, 0.25) is 0 Å². The molecule has 0 aliphatic rings. The molecule has 5 nitrogen and oxygen atoms in total. The number of nitrogens with zero attached hydrogens (tertiary/aromatic N) is 1. The molecule has 0 radical (unpaired) electrons. The Hall–Kier alpha value is -1.49. The van der Waals surface area contributed by atoms with Gasteiger partial charge in [0, 0.05) is 12.6 Å². The molecule has 1 heterocycles. The van der Waals surface area contributed by atoms with Gasteiger partial charge in [0.1, 0.15) is 5.82 Å². The van der Waals surface area contributed by atoms with Crippen LogP contribution < -0.4 is 15.8 Å². The van der Waals surface area contributed by atoms with Crippen molar-refractivity contribution in [2.24, 2.45) is 0 Å². The summed E-state index contributed by atoms with van der Waals surface area (Å²) in [5, 5.41) is 12.0. The summed E-state index contributed by atoms with van der Waals surface area (Å²) in [7, 11) is 0. The van der Waals surface area contributed by atoms with E-state index in [0.29, 0.717) is 18.2 Å². The number of aromatic nitrogens is 1. The van der Waals surface area contributed by atoms with Gasteiger partial charge in [-0.3, -0.25) is 0 Å². The van der Waals surface area contributed by atoms with E-state index in [2.05, 4.69) is 10.3 Å². The van der Waals surface area contributed by atoms with Crippen molar-refractivity contribution < 1.29 is 9.84 Å². The zero-order chi connectivity index (χ0) is 12.7. The average molecular weight is 239 g/mol. The number of nitrogens with one attached hydrogen (secondary N) is 1.